The van der Waals surface area contributed by atoms with E-state index in [0.29, 0.717) is 0 Å². The van der Waals surface area contributed by atoms with Gasteiger partial charge in [-0.3, -0.25) is 4.79 Å². The molecule has 1 aromatic rings. The van der Waals surface area contributed by atoms with Crippen molar-refractivity contribution < 1.29 is 4.79 Å². The Kier molecular flexibility index (Phi) is 3.44. The van der Waals surface area contributed by atoms with Crippen molar-refractivity contribution in [3.63, 3.8) is 0 Å². The van der Waals surface area contributed by atoms with Crippen LogP contribution in [0.15, 0.2) is 42.0 Å². The smallest absolute Gasteiger partial charge is 0.155 e. The summed E-state index contributed by atoms with van der Waals surface area (Å²) in [4.78, 5) is 11.1. The van der Waals surface area contributed by atoms with Gasteiger partial charge in [-0.15, -0.1) is 0 Å². The highest BCUT2D eigenvalue weighted by atomic mass is 16.1. The van der Waals surface area contributed by atoms with Crippen molar-refractivity contribution in [1.29, 1.82) is 0 Å². The topological polar surface area (TPSA) is 17.1 Å². The number of carbonyl (C=O) groups excluding carboxylic acids is 1. The fourth-order valence-corrected chi connectivity index (χ4v) is 1.25. The third kappa shape index (κ3) is 2.86. The van der Waals surface area contributed by atoms with Crippen LogP contribution >= 0.6 is 0 Å². The number of benzene rings is 1. The highest BCUT2D eigenvalue weighted by molar-refractivity contribution is 5.93. The number of allylic oxidation sites excluding steroid dienone is 2. The van der Waals surface area contributed by atoms with E-state index in [-0.39, 0.29) is 5.78 Å². The minimum Gasteiger partial charge on any atom is -0.295 e. The van der Waals surface area contributed by atoms with Crippen molar-refractivity contribution >= 4 is 5.78 Å². The quantitative estimate of drug-likeness (QED) is 0.644. The largest absolute Gasteiger partial charge is 0.295 e. The van der Waals surface area contributed by atoms with Crippen LogP contribution in [-0.2, 0) is 11.2 Å². The molecule has 0 aromatic heterocycles. The standard InChI is InChI=1S/C12H14O/c1-3-12(10(2)13)9-11-7-5-4-6-8-11/h3-8H,9H2,1-2H3/b12-3+. The molecule has 0 saturated carbocycles. The van der Waals surface area contributed by atoms with E-state index in [9.17, 15) is 4.79 Å². The molecule has 0 aliphatic carbocycles. The van der Waals surface area contributed by atoms with Crippen LogP contribution in [0, 0.1) is 0 Å². The van der Waals surface area contributed by atoms with Crippen LogP contribution < -0.4 is 0 Å². The number of Topliss-reactive ketones (excluding diaryl/α,β-unsaturated/α-hetero) is 1. The van der Waals surface area contributed by atoms with Gasteiger partial charge in [-0.2, -0.15) is 0 Å². The maximum atomic E-state index is 11.1. The lowest BCUT2D eigenvalue weighted by Crippen LogP contribution is -1.99. The van der Waals surface area contributed by atoms with Crippen molar-refractivity contribution in [3.05, 3.63) is 47.5 Å². The number of rotatable bonds is 3. The van der Waals surface area contributed by atoms with Gasteiger partial charge in [0.2, 0.25) is 0 Å². The molecule has 0 aliphatic rings. The summed E-state index contributed by atoms with van der Waals surface area (Å²) in [6.45, 7) is 3.51. The zero-order chi connectivity index (χ0) is 9.68. The second-order valence-corrected chi connectivity index (χ2v) is 3.03. The number of ketones is 1. The minimum atomic E-state index is 0.159. The van der Waals surface area contributed by atoms with Gasteiger partial charge in [0.05, 0.1) is 0 Å². The van der Waals surface area contributed by atoms with Crippen LogP contribution in [0.2, 0.25) is 0 Å². The Labute approximate surface area is 79.1 Å². The predicted octanol–water partition coefficient (Wildman–Crippen LogP) is 2.76. The molecule has 0 radical (unpaired) electrons. The molecule has 0 aliphatic heterocycles. The van der Waals surface area contributed by atoms with Crippen LogP contribution in [0.5, 0.6) is 0 Å². The van der Waals surface area contributed by atoms with Gasteiger partial charge < -0.3 is 0 Å². The molecule has 13 heavy (non-hydrogen) atoms. The second kappa shape index (κ2) is 4.61. The van der Waals surface area contributed by atoms with Gasteiger partial charge >= 0.3 is 0 Å². The van der Waals surface area contributed by atoms with Gasteiger partial charge in [-0.25, -0.2) is 0 Å². The van der Waals surface area contributed by atoms with Crippen molar-refractivity contribution in [2.75, 3.05) is 0 Å². The van der Waals surface area contributed by atoms with Crippen molar-refractivity contribution in [1.82, 2.24) is 0 Å². The lowest BCUT2D eigenvalue weighted by atomic mass is 10.0. The molecule has 0 bridgehead atoms. The highest BCUT2D eigenvalue weighted by Gasteiger charge is 2.02. The van der Waals surface area contributed by atoms with Crippen molar-refractivity contribution in [2.24, 2.45) is 0 Å². The Morgan fingerprint density at radius 3 is 2.38 bits per heavy atom. The summed E-state index contributed by atoms with van der Waals surface area (Å²) in [6, 6.07) is 10.0. The fourth-order valence-electron chi connectivity index (χ4n) is 1.25. The van der Waals surface area contributed by atoms with Crippen molar-refractivity contribution in [3.8, 4) is 0 Å². The van der Waals surface area contributed by atoms with E-state index >= 15 is 0 Å². The van der Waals surface area contributed by atoms with Crippen LogP contribution in [0.1, 0.15) is 19.4 Å². The normalized spacial score (nSPS) is 11.4. The summed E-state index contributed by atoms with van der Waals surface area (Å²) in [7, 11) is 0. The molecular weight excluding hydrogens is 160 g/mol. The molecule has 0 heterocycles. The van der Waals surface area contributed by atoms with Gasteiger partial charge in [0.15, 0.2) is 5.78 Å². The molecule has 0 saturated heterocycles. The van der Waals surface area contributed by atoms with E-state index in [1.807, 2.05) is 43.3 Å². The minimum absolute atomic E-state index is 0.159. The SMILES string of the molecule is C/C=C(\Cc1ccccc1)C(C)=O. The van der Waals surface area contributed by atoms with Gasteiger partial charge in [-0.1, -0.05) is 36.4 Å². The number of hydrogen-bond donors (Lipinski definition) is 0. The van der Waals surface area contributed by atoms with Gasteiger partial charge in [0.25, 0.3) is 0 Å². The molecule has 0 spiro atoms. The van der Waals surface area contributed by atoms with E-state index < -0.39 is 0 Å². The summed E-state index contributed by atoms with van der Waals surface area (Å²) in [6.07, 6.45) is 2.63. The first-order valence-corrected chi connectivity index (χ1v) is 4.44. The lowest BCUT2D eigenvalue weighted by Gasteiger charge is -2.02. The van der Waals surface area contributed by atoms with E-state index in [1.165, 1.54) is 5.56 Å². The monoisotopic (exact) mass is 174 g/mol. The highest BCUT2D eigenvalue weighted by Crippen LogP contribution is 2.08. The first-order chi connectivity index (χ1) is 6.24. The van der Waals surface area contributed by atoms with Crippen LogP contribution in [-0.4, -0.2) is 5.78 Å². The summed E-state index contributed by atoms with van der Waals surface area (Å²) in [5, 5.41) is 0. The van der Waals surface area contributed by atoms with Gasteiger partial charge in [-0.05, 0) is 25.0 Å². The molecule has 0 fully saturated rings. The maximum absolute atomic E-state index is 11.1. The van der Waals surface area contributed by atoms with E-state index in [4.69, 9.17) is 0 Å². The van der Waals surface area contributed by atoms with Crippen LogP contribution in [0.4, 0.5) is 0 Å². The van der Waals surface area contributed by atoms with Crippen molar-refractivity contribution in [2.45, 2.75) is 20.3 Å². The third-order valence-electron chi connectivity index (χ3n) is 2.04. The molecule has 1 rings (SSSR count). The Bertz CT molecular complexity index is 309. The average Bonchev–Trinajstić information content (AvgIpc) is 2.15. The molecule has 1 aromatic carbocycles. The maximum Gasteiger partial charge on any atom is 0.155 e. The Morgan fingerprint density at radius 1 is 1.31 bits per heavy atom. The number of carbonyl (C=O) groups is 1. The third-order valence-corrected chi connectivity index (χ3v) is 2.04. The molecule has 1 nitrogen and oxygen atoms in total. The second-order valence-electron chi connectivity index (χ2n) is 3.03. The number of hydrogen-bond acceptors (Lipinski definition) is 1. The van der Waals surface area contributed by atoms with E-state index in [1.54, 1.807) is 6.92 Å². The summed E-state index contributed by atoms with van der Waals surface area (Å²) in [5.41, 5.74) is 2.07. The Hall–Kier alpha value is -1.37. The molecule has 68 valence electrons. The molecular formula is C12H14O. The average molecular weight is 174 g/mol. The summed E-state index contributed by atoms with van der Waals surface area (Å²) in [5.74, 6) is 0.159. The molecule has 0 unspecified atom stereocenters. The van der Waals surface area contributed by atoms with Crippen LogP contribution in [0.25, 0.3) is 0 Å². The molecule has 0 amide bonds. The zero-order valence-corrected chi connectivity index (χ0v) is 8.08. The predicted molar refractivity (Wildman–Crippen MR) is 54.6 cm³/mol. The first-order valence-electron chi connectivity index (χ1n) is 4.44. The Balaban J connectivity index is 2.74. The first kappa shape index (κ1) is 9.72. The lowest BCUT2D eigenvalue weighted by molar-refractivity contribution is -0.113. The van der Waals surface area contributed by atoms with E-state index in [2.05, 4.69) is 0 Å². The zero-order valence-electron chi connectivity index (χ0n) is 8.08. The summed E-state index contributed by atoms with van der Waals surface area (Å²) >= 11 is 0. The fraction of sp³-hybridized carbons (Fsp3) is 0.250. The van der Waals surface area contributed by atoms with E-state index in [0.717, 1.165) is 12.0 Å². The molecule has 1 heteroatoms. The summed E-state index contributed by atoms with van der Waals surface area (Å²) < 4.78 is 0. The van der Waals surface area contributed by atoms with Gasteiger partial charge in [0.1, 0.15) is 0 Å². The van der Waals surface area contributed by atoms with Gasteiger partial charge in [0, 0.05) is 6.42 Å². The molecule has 0 atom stereocenters. The Morgan fingerprint density at radius 2 is 1.92 bits per heavy atom. The molecule has 0 N–H and O–H groups in total. The van der Waals surface area contributed by atoms with Crippen LogP contribution in [0.3, 0.4) is 0 Å².